The highest BCUT2D eigenvalue weighted by molar-refractivity contribution is 6.04. The number of fused-ring (bicyclic) bond motifs is 1. The monoisotopic (exact) mass is 256 g/mol. The van der Waals surface area contributed by atoms with Crippen LogP contribution < -0.4 is 5.32 Å². The zero-order chi connectivity index (χ0) is 13.4. The lowest BCUT2D eigenvalue weighted by atomic mass is 10.1. The van der Waals surface area contributed by atoms with Crippen LogP contribution in [-0.2, 0) is 9.59 Å². The van der Waals surface area contributed by atoms with Crippen molar-refractivity contribution in [3.05, 3.63) is 36.7 Å². The van der Waals surface area contributed by atoms with Crippen molar-refractivity contribution >= 4 is 28.3 Å². The molecule has 1 saturated carbocycles. The van der Waals surface area contributed by atoms with E-state index in [1.165, 1.54) is 0 Å². The van der Waals surface area contributed by atoms with Gasteiger partial charge in [0, 0.05) is 17.8 Å². The van der Waals surface area contributed by atoms with Crippen LogP contribution in [0.1, 0.15) is 6.42 Å². The second-order valence-electron chi connectivity index (χ2n) is 4.68. The number of pyridine rings is 1. The predicted octanol–water partition coefficient (Wildman–Crippen LogP) is 1.89. The van der Waals surface area contributed by atoms with Gasteiger partial charge in [0.05, 0.1) is 17.5 Å². The Hall–Kier alpha value is -2.43. The zero-order valence-electron chi connectivity index (χ0n) is 10.0. The number of carbonyl (C=O) groups excluding carboxylic acids is 1. The van der Waals surface area contributed by atoms with Crippen LogP contribution >= 0.6 is 0 Å². The van der Waals surface area contributed by atoms with Crippen molar-refractivity contribution in [2.24, 2.45) is 11.8 Å². The summed E-state index contributed by atoms with van der Waals surface area (Å²) in [5.41, 5.74) is 0.673. The lowest BCUT2D eigenvalue weighted by molar-refractivity contribution is -0.139. The van der Waals surface area contributed by atoms with Crippen LogP contribution in [0.2, 0.25) is 0 Å². The van der Waals surface area contributed by atoms with E-state index in [0.29, 0.717) is 12.1 Å². The number of carbonyl (C=O) groups is 2. The molecular weight excluding hydrogens is 244 g/mol. The SMILES string of the molecule is O=C(O)[C@H]1C[C@H]1C(=O)Nc1cccc2ccncc12. The molecule has 0 unspecified atom stereocenters. The van der Waals surface area contributed by atoms with Gasteiger partial charge in [-0.05, 0) is 23.9 Å². The molecule has 2 aromatic rings. The molecule has 0 spiro atoms. The van der Waals surface area contributed by atoms with Gasteiger partial charge in [-0.1, -0.05) is 12.1 Å². The Labute approximate surface area is 109 Å². The Balaban J connectivity index is 1.83. The average molecular weight is 256 g/mol. The van der Waals surface area contributed by atoms with E-state index < -0.39 is 17.8 Å². The number of carboxylic acid groups (broad SMARTS) is 1. The summed E-state index contributed by atoms with van der Waals surface area (Å²) in [6.45, 7) is 0. The first-order valence-corrected chi connectivity index (χ1v) is 6.03. The summed E-state index contributed by atoms with van der Waals surface area (Å²) in [6, 6.07) is 7.44. The first kappa shape index (κ1) is 11.6. The molecule has 1 aromatic carbocycles. The molecule has 0 saturated heterocycles. The molecule has 5 nitrogen and oxygen atoms in total. The van der Waals surface area contributed by atoms with Gasteiger partial charge >= 0.3 is 5.97 Å². The fraction of sp³-hybridized carbons (Fsp3) is 0.214. The van der Waals surface area contributed by atoms with Crippen molar-refractivity contribution in [2.45, 2.75) is 6.42 Å². The third kappa shape index (κ3) is 2.14. The molecule has 2 N–H and O–H groups in total. The van der Waals surface area contributed by atoms with Crippen molar-refractivity contribution in [1.82, 2.24) is 4.98 Å². The van der Waals surface area contributed by atoms with Crippen molar-refractivity contribution in [1.29, 1.82) is 0 Å². The number of carboxylic acids is 1. The number of hydrogen-bond donors (Lipinski definition) is 2. The molecule has 2 atom stereocenters. The van der Waals surface area contributed by atoms with E-state index in [1.54, 1.807) is 18.5 Å². The first-order valence-electron chi connectivity index (χ1n) is 6.03. The van der Waals surface area contributed by atoms with Crippen LogP contribution in [0.3, 0.4) is 0 Å². The topological polar surface area (TPSA) is 79.3 Å². The highest BCUT2D eigenvalue weighted by Gasteiger charge is 2.48. The maximum Gasteiger partial charge on any atom is 0.307 e. The first-order chi connectivity index (χ1) is 9.16. The smallest absolute Gasteiger partial charge is 0.307 e. The molecule has 96 valence electrons. The number of benzene rings is 1. The molecule has 0 aliphatic heterocycles. The van der Waals surface area contributed by atoms with Gasteiger partial charge in [0.1, 0.15) is 0 Å². The highest BCUT2D eigenvalue weighted by Crippen LogP contribution is 2.39. The fourth-order valence-electron chi connectivity index (χ4n) is 2.21. The number of amides is 1. The molecular formula is C14H12N2O3. The number of nitrogens with one attached hydrogen (secondary N) is 1. The van der Waals surface area contributed by atoms with Gasteiger partial charge < -0.3 is 10.4 Å². The molecule has 1 heterocycles. The fourth-order valence-corrected chi connectivity index (χ4v) is 2.21. The average Bonchev–Trinajstić information content (AvgIpc) is 3.19. The number of anilines is 1. The van der Waals surface area contributed by atoms with Crippen LogP contribution in [0, 0.1) is 11.8 Å². The number of nitrogens with zero attached hydrogens (tertiary/aromatic N) is 1. The summed E-state index contributed by atoms with van der Waals surface area (Å²) < 4.78 is 0. The molecule has 1 aliphatic carbocycles. The minimum absolute atomic E-state index is 0.233. The molecule has 1 amide bonds. The lowest BCUT2D eigenvalue weighted by Gasteiger charge is -2.07. The summed E-state index contributed by atoms with van der Waals surface area (Å²) >= 11 is 0. The Morgan fingerprint density at radius 3 is 2.84 bits per heavy atom. The molecule has 1 aliphatic rings. The molecule has 1 fully saturated rings. The Morgan fingerprint density at radius 2 is 2.11 bits per heavy atom. The summed E-state index contributed by atoms with van der Waals surface area (Å²) in [6.07, 6.45) is 3.80. The molecule has 3 rings (SSSR count). The Morgan fingerprint density at radius 1 is 1.26 bits per heavy atom. The normalized spacial score (nSPS) is 21.1. The summed E-state index contributed by atoms with van der Waals surface area (Å²) in [5.74, 6) is -2.08. The zero-order valence-corrected chi connectivity index (χ0v) is 10.0. The maximum atomic E-state index is 11.9. The third-order valence-corrected chi connectivity index (χ3v) is 3.39. The lowest BCUT2D eigenvalue weighted by Crippen LogP contribution is -2.16. The Bertz CT molecular complexity index is 663. The number of rotatable bonds is 3. The highest BCUT2D eigenvalue weighted by atomic mass is 16.4. The molecule has 5 heteroatoms. The number of hydrogen-bond acceptors (Lipinski definition) is 3. The maximum absolute atomic E-state index is 11.9. The van der Waals surface area contributed by atoms with Gasteiger partial charge in [0.15, 0.2) is 0 Å². The predicted molar refractivity (Wildman–Crippen MR) is 69.6 cm³/mol. The minimum Gasteiger partial charge on any atom is -0.481 e. The van der Waals surface area contributed by atoms with E-state index in [0.717, 1.165) is 10.8 Å². The minimum atomic E-state index is -0.903. The Kier molecular flexibility index (Phi) is 2.67. The second kappa shape index (κ2) is 4.35. The van der Waals surface area contributed by atoms with E-state index in [1.807, 2.05) is 18.2 Å². The molecule has 1 aromatic heterocycles. The van der Waals surface area contributed by atoms with Crippen LogP contribution in [-0.4, -0.2) is 22.0 Å². The van der Waals surface area contributed by atoms with Gasteiger partial charge in [-0.25, -0.2) is 0 Å². The summed E-state index contributed by atoms with van der Waals surface area (Å²) in [7, 11) is 0. The van der Waals surface area contributed by atoms with E-state index in [4.69, 9.17) is 5.11 Å². The second-order valence-corrected chi connectivity index (χ2v) is 4.68. The summed E-state index contributed by atoms with van der Waals surface area (Å²) in [4.78, 5) is 26.7. The van der Waals surface area contributed by atoms with Gasteiger partial charge in [0.2, 0.25) is 5.91 Å². The summed E-state index contributed by atoms with van der Waals surface area (Å²) in [5, 5.41) is 13.4. The number of aromatic nitrogens is 1. The van der Waals surface area contributed by atoms with Crippen LogP contribution in [0.25, 0.3) is 10.8 Å². The van der Waals surface area contributed by atoms with Crippen molar-refractivity contribution < 1.29 is 14.7 Å². The number of aliphatic carboxylic acids is 1. The van der Waals surface area contributed by atoms with E-state index >= 15 is 0 Å². The van der Waals surface area contributed by atoms with Gasteiger partial charge in [0.25, 0.3) is 0 Å². The van der Waals surface area contributed by atoms with Gasteiger partial charge in [-0.15, -0.1) is 0 Å². The van der Waals surface area contributed by atoms with E-state index in [-0.39, 0.29) is 5.91 Å². The molecule has 0 bridgehead atoms. The van der Waals surface area contributed by atoms with Crippen molar-refractivity contribution in [3.8, 4) is 0 Å². The van der Waals surface area contributed by atoms with E-state index in [2.05, 4.69) is 10.3 Å². The standard InChI is InChI=1S/C14H12N2O3/c17-13(9-6-10(9)14(18)19)16-12-3-1-2-8-4-5-15-7-11(8)12/h1-5,7,9-10H,6H2,(H,16,17)(H,18,19)/t9-,10+/m1/s1. The van der Waals surface area contributed by atoms with Gasteiger partial charge in [-0.3, -0.25) is 14.6 Å². The van der Waals surface area contributed by atoms with Crippen molar-refractivity contribution in [2.75, 3.05) is 5.32 Å². The van der Waals surface area contributed by atoms with Crippen molar-refractivity contribution in [3.63, 3.8) is 0 Å². The van der Waals surface area contributed by atoms with Crippen LogP contribution in [0.5, 0.6) is 0 Å². The van der Waals surface area contributed by atoms with E-state index in [9.17, 15) is 9.59 Å². The molecule has 19 heavy (non-hydrogen) atoms. The van der Waals surface area contributed by atoms with Crippen LogP contribution in [0.15, 0.2) is 36.7 Å². The third-order valence-electron chi connectivity index (χ3n) is 3.39. The largest absolute Gasteiger partial charge is 0.481 e. The molecule has 0 radical (unpaired) electrons. The quantitative estimate of drug-likeness (QED) is 0.879. The van der Waals surface area contributed by atoms with Gasteiger partial charge in [-0.2, -0.15) is 0 Å². The van der Waals surface area contributed by atoms with Crippen LogP contribution in [0.4, 0.5) is 5.69 Å².